The molecule has 0 N–H and O–H groups in total. The third-order valence-corrected chi connectivity index (χ3v) is 13.3. The number of fused-ring (bicyclic) bond motifs is 5. The van der Waals surface area contributed by atoms with E-state index in [4.69, 9.17) is 16.6 Å². The quantitative estimate of drug-likeness (QED) is 0.142. The smallest absolute Gasteiger partial charge is 0.0616 e. The van der Waals surface area contributed by atoms with E-state index in [9.17, 15) is 0 Å². The van der Waals surface area contributed by atoms with Gasteiger partial charge in [0.25, 0.3) is 0 Å². The van der Waals surface area contributed by atoms with Gasteiger partial charge in [0.1, 0.15) is 0 Å². The van der Waals surface area contributed by atoms with Gasteiger partial charge >= 0.3 is 312 Å². The monoisotopic (exact) mass is 1010 g/mol. The molecule has 1 aliphatic carbocycles. The number of nitrogens with zero attached hydrogens (tertiary/aromatic N) is 4. The normalized spacial score (nSPS) is 13.5. The maximum absolute atomic E-state index is 8.61. The predicted octanol–water partition coefficient (Wildman–Crippen LogP) is 14.2. The minimum atomic E-state index is -0.430. The Hall–Kier alpha value is -7.33. The summed E-state index contributed by atoms with van der Waals surface area (Å²) in [6.45, 7) is 1.86. The van der Waals surface area contributed by atoms with Crippen molar-refractivity contribution in [3.05, 3.63) is 221 Å². The van der Waals surface area contributed by atoms with E-state index >= 15 is 0 Å². The van der Waals surface area contributed by atoms with Gasteiger partial charge < -0.3 is 0 Å². The molecule has 0 saturated heterocycles. The van der Waals surface area contributed by atoms with Gasteiger partial charge in [-0.2, -0.15) is 0 Å². The van der Waals surface area contributed by atoms with Gasteiger partial charge in [-0.1, -0.05) is 42.3 Å². The van der Waals surface area contributed by atoms with Crippen LogP contribution in [0.4, 0.5) is 0 Å². The molecule has 6 heteroatoms. The number of hydrogen-bond donors (Lipinski definition) is 0. The van der Waals surface area contributed by atoms with Crippen LogP contribution in [-0.4, -0.2) is 18.7 Å². The molecular weight excluding hydrogens is 964 g/mol. The second-order valence-electron chi connectivity index (χ2n) is 16.1. The topological polar surface area (TPSA) is 36.9 Å². The number of aryl methyl sites for hydroxylation is 2. The Kier molecular flexibility index (Phi) is 8.20. The molecule has 8 aromatic carbocycles. The first-order valence-electron chi connectivity index (χ1n) is 23.8. The van der Waals surface area contributed by atoms with Crippen molar-refractivity contribution in [1.29, 1.82) is 0 Å². The number of pyridine rings is 1. The van der Waals surface area contributed by atoms with Crippen LogP contribution in [0.3, 0.4) is 0 Å². The van der Waals surface area contributed by atoms with Gasteiger partial charge in [0.05, 0.1) is 6.85 Å². The van der Waals surface area contributed by atoms with E-state index < -0.39 is 6.04 Å². The zero-order chi connectivity index (χ0) is 47.1. The van der Waals surface area contributed by atoms with Crippen LogP contribution in [0.1, 0.15) is 30.0 Å². The van der Waals surface area contributed by atoms with Crippen LogP contribution in [0.15, 0.2) is 188 Å². The summed E-state index contributed by atoms with van der Waals surface area (Å²) in [7, 11) is 0. The fraction of sp³-hybridized carbons (Fsp3) is 0.0690. The maximum atomic E-state index is 8.61. The molecule has 310 valence electrons. The molecule has 3 heterocycles. The summed E-state index contributed by atoms with van der Waals surface area (Å²) >= 11 is 2.48. The summed E-state index contributed by atoms with van der Waals surface area (Å²) in [4.78, 5) is 4.85. The third-order valence-electron chi connectivity index (χ3n) is 12.3. The minimum absolute atomic E-state index is 0.120. The number of ether oxygens (including phenoxy) is 1. The molecule has 0 aliphatic heterocycles. The second kappa shape index (κ2) is 15.8. The molecule has 0 amide bonds. The Labute approximate surface area is 389 Å². The predicted molar refractivity (Wildman–Crippen MR) is 255 cm³/mol. The number of benzene rings is 8. The standard InChI is InChI=1S/C58H40N4O.Pt/c1-39-33-56(59-37-51(39)41-19-7-3-8-20-41)62-52-28-12-11-26-48(52)49-32-31-46(36-55(49)62)63-45-25-16-24-44(35-45)60-38-61(54-30-14-13-29-53(54)60)58-50(40-17-5-2-6-18-40)34-43-23-15-27-47(43)57(58)42-21-9-4-10-22-42;/h2-14,16-22,24-26,28-34,37H,15,23,27H2,1H3;/q-2;/i3D,7D,8D,19D,20D;. The van der Waals surface area contributed by atoms with Crippen LogP contribution in [0, 0.1) is 22.9 Å². The van der Waals surface area contributed by atoms with Crippen molar-refractivity contribution in [3.8, 4) is 62.1 Å². The summed E-state index contributed by atoms with van der Waals surface area (Å²) in [6, 6.07) is 57.9. The molecule has 3 aromatic heterocycles. The molecule has 0 atom stereocenters. The fourth-order valence-electron chi connectivity index (χ4n) is 9.50. The average molecular weight is 1010 g/mol. The first kappa shape index (κ1) is 33.3. The fourth-order valence-corrected chi connectivity index (χ4v) is 10.6. The molecule has 1 aliphatic rings. The van der Waals surface area contributed by atoms with Gasteiger partial charge in [-0.15, -0.1) is 0 Å². The van der Waals surface area contributed by atoms with Crippen LogP contribution in [0.5, 0.6) is 11.5 Å². The molecule has 12 rings (SSSR count). The van der Waals surface area contributed by atoms with E-state index in [1.165, 1.54) is 33.4 Å². The van der Waals surface area contributed by atoms with Gasteiger partial charge in [-0.25, -0.2) is 0 Å². The van der Waals surface area contributed by atoms with Crippen molar-refractivity contribution in [1.82, 2.24) is 18.7 Å². The van der Waals surface area contributed by atoms with Crippen molar-refractivity contribution in [2.75, 3.05) is 0 Å². The Balaban J connectivity index is 0.976. The van der Waals surface area contributed by atoms with Crippen LogP contribution >= 0.6 is 0 Å². The number of aromatic nitrogens is 4. The van der Waals surface area contributed by atoms with Crippen LogP contribution in [-0.2, 0) is 32.2 Å². The van der Waals surface area contributed by atoms with Gasteiger partial charge in [-0.3, -0.25) is 0 Å². The van der Waals surface area contributed by atoms with Crippen LogP contribution < -0.4 is 4.74 Å². The van der Waals surface area contributed by atoms with E-state index in [0.717, 1.165) is 67.3 Å². The summed E-state index contributed by atoms with van der Waals surface area (Å²) in [6.07, 6.45) is 4.81. The molecule has 0 bridgehead atoms. The molecule has 0 fully saturated rings. The van der Waals surface area contributed by atoms with Gasteiger partial charge in [0.15, 0.2) is 0 Å². The van der Waals surface area contributed by atoms with Crippen LogP contribution in [0.2, 0.25) is 0 Å². The molecule has 0 saturated carbocycles. The number of imidazole rings is 1. The Bertz CT molecular complexity index is 3930. The molecule has 0 radical (unpaired) electrons. The Morgan fingerprint density at radius 1 is 0.609 bits per heavy atom. The zero-order valence-corrected chi connectivity index (χ0v) is 36.9. The van der Waals surface area contributed by atoms with Crippen molar-refractivity contribution < 1.29 is 30.9 Å². The number of rotatable bonds is 8. The summed E-state index contributed by atoms with van der Waals surface area (Å²) < 4.78 is 56.2. The second-order valence-corrected chi connectivity index (χ2v) is 17.1. The van der Waals surface area contributed by atoms with Crippen molar-refractivity contribution >= 4 is 32.8 Å². The summed E-state index contributed by atoms with van der Waals surface area (Å²) in [5, 5.41) is 1.97. The van der Waals surface area contributed by atoms with E-state index in [1.54, 1.807) is 6.20 Å². The summed E-state index contributed by atoms with van der Waals surface area (Å²) in [5.41, 5.74) is 14.7. The Morgan fingerprint density at radius 3 is 2.09 bits per heavy atom. The first-order chi connectivity index (χ1) is 33.7. The molecule has 64 heavy (non-hydrogen) atoms. The van der Waals surface area contributed by atoms with E-state index in [0.29, 0.717) is 28.4 Å². The van der Waals surface area contributed by atoms with Gasteiger partial charge in [0.2, 0.25) is 0 Å². The summed E-state index contributed by atoms with van der Waals surface area (Å²) in [5.74, 6) is 1.61. The Morgan fingerprint density at radius 2 is 1.31 bits per heavy atom. The molecule has 0 unspecified atom stereocenters. The third kappa shape index (κ3) is 6.42. The van der Waals surface area contributed by atoms with E-state index in [2.05, 4.69) is 144 Å². The van der Waals surface area contributed by atoms with Crippen molar-refractivity contribution in [2.45, 2.75) is 26.2 Å². The van der Waals surface area contributed by atoms with Crippen molar-refractivity contribution in [2.24, 2.45) is 0 Å². The van der Waals surface area contributed by atoms with E-state index in [-0.39, 0.29) is 29.7 Å². The molecule has 5 nitrogen and oxygen atoms in total. The average Bonchev–Trinajstić information content (AvgIpc) is 4.07. The molecule has 11 aromatic rings. The number of para-hydroxylation sites is 3. The minimum Gasteiger partial charge on any atom is -0.0616 e. The van der Waals surface area contributed by atoms with Crippen LogP contribution in [0.25, 0.3) is 83.4 Å². The van der Waals surface area contributed by atoms with Gasteiger partial charge in [-0.05, 0) is 18.1 Å². The first-order valence-corrected chi connectivity index (χ1v) is 22.5. The van der Waals surface area contributed by atoms with Gasteiger partial charge in [0, 0.05) is 11.8 Å². The van der Waals surface area contributed by atoms with Crippen molar-refractivity contribution in [3.63, 3.8) is 0 Å². The molecular formula is C58H40N4OPt-2. The zero-order valence-electron chi connectivity index (χ0n) is 39.6. The SMILES string of the molecule is [2H]c1c([2H])c([2H])c(-c2cnc(-n3c4[c-]c(Oc5[c-]c(-n6[c](=[Pt])n(-c7c(-c8ccccc8)cc8c(c7-c7ccccc7)CCC8)c7ccccc76)ccc5)ccc4c4ccccc43)cc2C)c([2H])c1[2H]. The number of hydrogen-bond acceptors (Lipinski definition) is 2. The molecule has 0 spiro atoms. The van der Waals surface area contributed by atoms with E-state index in [1.807, 2.05) is 60.0 Å².